The van der Waals surface area contributed by atoms with Gasteiger partial charge in [0.25, 0.3) is 11.8 Å². The lowest BCUT2D eigenvalue weighted by Crippen LogP contribution is -2.53. The fourth-order valence-electron chi connectivity index (χ4n) is 8.26. The number of nitrogens with zero attached hydrogens (tertiary/aromatic N) is 2. The van der Waals surface area contributed by atoms with Crippen LogP contribution < -0.4 is 4.90 Å². The van der Waals surface area contributed by atoms with E-state index in [0.717, 1.165) is 11.1 Å². The largest absolute Gasteiger partial charge is 0.507 e. The number of carbonyl (C=O) groups excluding carboxylic acids is 4. The molecule has 9 heteroatoms. The summed E-state index contributed by atoms with van der Waals surface area (Å²) < 4.78 is 0. The quantitative estimate of drug-likeness (QED) is 0.244. The third-order valence-corrected chi connectivity index (χ3v) is 10.2. The molecule has 1 saturated carbocycles. The maximum Gasteiger partial charge on any atom is 0.257 e. The van der Waals surface area contributed by atoms with Gasteiger partial charge in [-0.25, -0.2) is 4.90 Å². The first-order valence-electron chi connectivity index (χ1n) is 14.3. The SMILES string of the molecule is Cc1cc(C2C3=CCC4C(=O)N(O)C(=O)C4C3CC3C(=O)N(c4cccc(Cl)c4)C(=O)C32c2ccccc2)cc(C)c1O. The number of phenolic OH excluding ortho intramolecular Hbond substituents is 1. The summed E-state index contributed by atoms with van der Waals surface area (Å²) in [6.07, 6.45) is 2.29. The maximum atomic E-state index is 15.1. The molecule has 0 aromatic heterocycles. The lowest BCUT2D eigenvalue weighted by Gasteiger charge is -2.50. The number of rotatable bonds is 3. The molecule has 6 unspecified atom stereocenters. The highest BCUT2D eigenvalue weighted by molar-refractivity contribution is 6.32. The number of amides is 4. The van der Waals surface area contributed by atoms with Gasteiger partial charge in [0.2, 0.25) is 11.8 Å². The molecule has 2 aliphatic carbocycles. The predicted octanol–water partition coefficient (Wildman–Crippen LogP) is 5.21. The second kappa shape index (κ2) is 9.62. The van der Waals surface area contributed by atoms with Crippen LogP contribution in [-0.4, -0.2) is 39.0 Å². The van der Waals surface area contributed by atoms with E-state index in [0.29, 0.717) is 27.4 Å². The van der Waals surface area contributed by atoms with E-state index in [2.05, 4.69) is 0 Å². The molecular weight excluding hydrogens is 568 g/mol. The van der Waals surface area contributed by atoms with Crippen molar-refractivity contribution in [3.63, 3.8) is 0 Å². The Morgan fingerprint density at radius 2 is 1.56 bits per heavy atom. The Kier molecular flexibility index (Phi) is 6.17. The Labute approximate surface area is 253 Å². The van der Waals surface area contributed by atoms with E-state index in [1.54, 1.807) is 38.1 Å². The van der Waals surface area contributed by atoms with Gasteiger partial charge >= 0.3 is 0 Å². The molecule has 0 bridgehead atoms. The summed E-state index contributed by atoms with van der Waals surface area (Å²) in [5.41, 5.74) is 2.37. The van der Waals surface area contributed by atoms with Crippen LogP contribution >= 0.6 is 11.6 Å². The van der Waals surface area contributed by atoms with Crippen LogP contribution in [0.2, 0.25) is 5.02 Å². The first-order chi connectivity index (χ1) is 20.6. The van der Waals surface area contributed by atoms with E-state index in [1.165, 1.54) is 4.90 Å². The first-order valence-corrected chi connectivity index (χ1v) is 14.7. The molecular formula is C34H29ClN2O6. The number of carbonyl (C=O) groups is 4. The number of hydrogen-bond acceptors (Lipinski definition) is 6. The molecule has 0 radical (unpaired) electrons. The Morgan fingerprint density at radius 3 is 2.23 bits per heavy atom. The molecule has 2 saturated heterocycles. The molecule has 3 fully saturated rings. The van der Waals surface area contributed by atoms with Crippen molar-refractivity contribution in [2.75, 3.05) is 4.90 Å². The molecule has 3 aromatic carbocycles. The average Bonchev–Trinajstić information content (AvgIpc) is 3.36. The van der Waals surface area contributed by atoms with E-state index in [4.69, 9.17) is 11.6 Å². The van der Waals surface area contributed by atoms with Crippen LogP contribution in [0.25, 0.3) is 0 Å². The van der Waals surface area contributed by atoms with Gasteiger partial charge in [0, 0.05) is 10.9 Å². The van der Waals surface area contributed by atoms with E-state index >= 15 is 4.79 Å². The number of allylic oxidation sites excluding steroid dienone is 2. The van der Waals surface area contributed by atoms with Crippen molar-refractivity contribution in [3.8, 4) is 5.75 Å². The zero-order valence-corrected chi connectivity index (χ0v) is 24.3. The van der Waals surface area contributed by atoms with Crippen LogP contribution in [0.1, 0.15) is 41.0 Å². The van der Waals surface area contributed by atoms with Gasteiger partial charge in [-0.15, -0.1) is 0 Å². The topological polar surface area (TPSA) is 115 Å². The van der Waals surface area contributed by atoms with Crippen LogP contribution in [0, 0.1) is 37.5 Å². The summed E-state index contributed by atoms with van der Waals surface area (Å²) in [4.78, 5) is 57.1. The van der Waals surface area contributed by atoms with Crippen molar-refractivity contribution >= 4 is 40.9 Å². The van der Waals surface area contributed by atoms with Crippen LogP contribution in [0.4, 0.5) is 5.69 Å². The molecule has 3 aromatic rings. The Bertz CT molecular complexity index is 1750. The molecule has 2 heterocycles. The van der Waals surface area contributed by atoms with Gasteiger partial charge in [0.15, 0.2) is 0 Å². The van der Waals surface area contributed by atoms with E-state index in [1.807, 2.05) is 48.5 Å². The lowest BCUT2D eigenvalue weighted by molar-refractivity contribution is -0.173. The minimum atomic E-state index is -1.39. The van der Waals surface area contributed by atoms with Crippen LogP contribution in [0.3, 0.4) is 0 Å². The summed E-state index contributed by atoms with van der Waals surface area (Å²) in [6, 6.07) is 19.5. The molecule has 4 amide bonds. The van der Waals surface area contributed by atoms with Crippen molar-refractivity contribution in [2.45, 2.75) is 38.0 Å². The van der Waals surface area contributed by atoms with Gasteiger partial charge in [-0.3, -0.25) is 24.4 Å². The van der Waals surface area contributed by atoms with Crippen molar-refractivity contribution < 1.29 is 29.5 Å². The van der Waals surface area contributed by atoms with Gasteiger partial charge in [-0.2, -0.15) is 5.06 Å². The average molecular weight is 597 g/mol. The van der Waals surface area contributed by atoms with E-state index in [-0.39, 0.29) is 23.7 Å². The minimum Gasteiger partial charge on any atom is -0.507 e. The van der Waals surface area contributed by atoms with Crippen LogP contribution in [0.5, 0.6) is 5.75 Å². The number of aromatic hydroxyl groups is 1. The Morgan fingerprint density at radius 1 is 0.860 bits per heavy atom. The number of phenols is 1. The Hall–Kier alpha value is -4.27. The van der Waals surface area contributed by atoms with Gasteiger partial charge in [0.05, 0.1) is 28.9 Å². The number of imide groups is 2. The highest BCUT2D eigenvalue weighted by Gasteiger charge is 2.70. The molecule has 4 aliphatic rings. The summed E-state index contributed by atoms with van der Waals surface area (Å²) >= 11 is 6.32. The van der Waals surface area contributed by atoms with Crippen molar-refractivity contribution in [3.05, 3.63) is 106 Å². The number of anilines is 1. The highest BCUT2D eigenvalue weighted by atomic mass is 35.5. The zero-order chi connectivity index (χ0) is 30.4. The van der Waals surface area contributed by atoms with Crippen molar-refractivity contribution in [1.29, 1.82) is 0 Å². The van der Waals surface area contributed by atoms with E-state index < -0.39 is 58.6 Å². The summed E-state index contributed by atoms with van der Waals surface area (Å²) in [6.45, 7) is 3.57. The lowest BCUT2D eigenvalue weighted by atomic mass is 9.49. The number of hydroxylamine groups is 2. The van der Waals surface area contributed by atoms with Crippen molar-refractivity contribution in [1.82, 2.24) is 5.06 Å². The number of aryl methyl sites for hydroxylation is 2. The van der Waals surface area contributed by atoms with Gasteiger partial charge in [0.1, 0.15) is 5.75 Å². The van der Waals surface area contributed by atoms with Crippen molar-refractivity contribution in [2.24, 2.45) is 23.7 Å². The standard InChI is InChI=1S/C34H29ClN2O6/c1-17-13-19(14-18(2)29(17)38)28-23-11-12-24-27(32(41)37(43)30(24)39)25(23)16-26-31(40)36(22-10-6-9-21(35)15-22)33(42)34(26,28)20-7-4-3-5-8-20/h3-11,13-15,24-28,38,43H,12,16H2,1-2H3. The summed E-state index contributed by atoms with van der Waals surface area (Å²) in [7, 11) is 0. The number of benzene rings is 3. The second-order valence-electron chi connectivity index (χ2n) is 12.1. The first kappa shape index (κ1) is 27.6. The predicted molar refractivity (Wildman–Crippen MR) is 157 cm³/mol. The smallest absolute Gasteiger partial charge is 0.257 e. The molecule has 218 valence electrons. The fourth-order valence-corrected chi connectivity index (χ4v) is 8.44. The normalized spacial score (nSPS) is 29.9. The third kappa shape index (κ3) is 3.66. The maximum absolute atomic E-state index is 15.1. The number of hydrogen-bond donors (Lipinski definition) is 2. The van der Waals surface area contributed by atoms with Gasteiger partial charge < -0.3 is 5.11 Å². The monoisotopic (exact) mass is 596 g/mol. The highest BCUT2D eigenvalue weighted by Crippen LogP contribution is 2.64. The van der Waals surface area contributed by atoms with Crippen LogP contribution in [-0.2, 0) is 24.6 Å². The minimum absolute atomic E-state index is 0.140. The number of halogens is 1. The molecule has 2 aliphatic heterocycles. The third-order valence-electron chi connectivity index (χ3n) is 9.99. The Balaban J connectivity index is 1.54. The molecule has 7 rings (SSSR count). The molecule has 2 N–H and O–H groups in total. The molecule has 43 heavy (non-hydrogen) atoms. The van der Waals surface area contributed by atoms with Crippen LogP contribution in [0.15, 0.2) is 78.4 Å². The molecule has 6 atom stereocenters. The molecule has 8 nitrogen and oxygen atoms in total. The summed E-state index contributed by atoms with van der Waals surface area (Å²) in [5.74, 6) is -5.75. The summed E-state index contributed by atoms with van der Waals surface area (Å²) in [5, 5.41) is 21.6. The second-order valence-corrected chi connectivity index (χ2v) is 12.5. The zero-order valence-electron chi connectivity index (χ0n) is 23.5. The number of fused-ring (bicyclic) bond motifs is 4. The van der Waals surface area contributed by atoms with Gasteiger partial charge in [-0.1, -0.05) is 71.8 Å². The fraction of sp³-hybridized carbons (Fsp3) is 0.294. The molecule has 0 spiro atoms. The van der Waals surface area contributed by atoms with E-state index in [9.17, 15) is 24.7 Å². The van der Waals surface area contributed by atoms with Gasteiger partial charge in [-0.05, 0) is 73.1 Å².